The fraction of sp³-hybridized carbons (Fsp3) is 0.786. The van der Waals surface area contributed by atoms with E-state index in [1.165, 1.54) is 0 Å². The van der Waals surface area contributed by atoms with Crippen LogP contribution >= 0.6 is 0 Å². The van der Waals surface area contributed by atoms with E-state index in [-0.39, 0.29) is 31.0 Å². The van der Waals surface area contributed by atoms with Gasteiger partial charge < -0.3 is 15.3 Å². The molecule has 0 bridgehead atoms. The highest BCUT2D eigenvalue weighted by Crippen LogP contribution is 2.23. The fourth-order valence-corrected chi connectivity index (χ4v) is 2.98. The maximum Gasteiger partial charge on any atom is 0.325 e. The van der Waals surface area contributed by atoms with Gasteiger partial charge in [-0.1, -0.05) is 0 Å². The molecule has 0 spiro atoms. The Labute approximate surface area is 124 Å². The molecule has 2 aliphatic heterocycles. The number of aliphatic hydroxyl groups excluding tert-OH is 1. The standard InChI is InChI=1S/C14H23N3O4/c1-14(2)12(20)17(13(21)15-14)9-11(19)16-7-3-5-10(16)6-4-8-18/h10,18H,3-9H2,1-2H3,(H,15,21). The Balaban J connectivity index is 1.98. The van der Waals surface area contributed by atoms with E-state index >= 15 is 0 Å². The molecule has 4 amide bonds. The normalized spacial score (nSPS) is 24.6. The molecule has 7 nitrogen and oxygen atoms in total. The number of nitrogens with one attached hydrogen (secondary N) is 1. The summed E-state index contributed by atoms with van der Waals surface area (Å²) < 4.78 is 0. The molecule has 1 atom stereocenters. The maximum atomic E-state index is 12.4. The van der Waals surface area contributed by atoms with Crippen LogP contribution in [0.25, 0.3) is 0 Å². The van der Waals surface area contributed by atoms with Gasteiger partial charge in [0, 0.05) is 19.2 Å². The first kappa shape index (κ1) is 15.8. The molecule has 0 aliphatic carbocycles. The number of imide groups is 1. The van der Waals surface area contributed by atoms with Crippen LogP contribution in [0.5, 0.6) is 0 Å². The summed E-state index contributed by atoms with van der Waals surface area (Å²) in [5, 5.41) is 11.5. The summed E-state index contributed by atoms with van der Waals surface area (Å²) in [6.07, 6.45) is 3.25. The van der Waals surface area contributed by atoms with Gasteiger partial charge in [0.05, 0.1) is 0 Å². The van der Waals surface area contributed by atoms with Gasteiger partial charge in [-0.05, 0) is 39.5 Å². The van der Waals surface area contributed by atoms with Gasteiger partial charge in [0.15, 0.2) is 0 Å². The van der Waals surface area contributed by atoms with Crippen molar-refractivity contribution in [2.75, 3.05) is 19.7 Å². The van der Waals surface area contributed by atoms with Crippen LogP contribution in [0.15, 0.2) is 0 Å². The molecule has 2 saturated heterocycles. The number of rotatable bonds is 5. The molecule has 0 saturated carbocycles. The molecule has 1 unspecified atom stereocenters. The van der Waals surface area contributed by atoms with Gasteiger partial charge in [-0.15, -0.1) is 0 Å². The van der Waals surface area contributed by atoms with Crippen molar-refractivity contribution in [2.24, 2.45) is 0 Å². The molecular weight excluding hydrogens is 274 g/mol. The van der Waals surface area contributed by atoms with Crippen LogP contribution in [-0.2, 0) is 9.59 Å². The smallest absolute Gasteiger partial charge is 0.325 e. The Hall–Kier alpha value is -1.63. The van der Waals surface area contributed by atoms with Crippen LogP contribution in [0.1, 0.15) is 39.5 Å². The summed E-state index contributed by atoms with van der Waals surface area (Å²) >= 11 is 0. The lowest BCUT2D eigenvalue weighted by atomic mass is 10.1. The molecule has 2 N–H and O–H groups in total. The molecular formula is C14H23N3O4. The molecule has 118 valence electrons. The number of likely N-dealkylation sites (tertiary alicyclic amines) is 1. The summed E-state index contributed by atoms with van der Waals surface area (Å²) in [6, 6.07) is -0.400. The van der Waals surface area contributed by atoms with Gasteiger partial charge in [-0.3, -0.25) is 14.5 Å². The summed E-state index contributed by atoms with van der Waals surface area (Å²) in [5.41, 5.74) is -0.946. The molecule has 0 radical (unpaired) electrons. The average molecular weight is 297 g/mol. The van der Waals surface area contributed by atoms with Crippen molar-refractivity contribution >= 4 is 17.8 Å². The van der Waals surface area contributed by atoms with Gasteiger partial charge in [0.2, 0.25) is 5.91 Å². The lowest BCUT2D eigenvalue weighted by molar-refractivity contribution is -0.139. The SMILES string of the molecule is CC1(C)NC(=O)N(CC(=O)N2CCCC2CCCO)C1=O. The number of hydrogen-bond donors (Lipinski definition) is 2. The molecule has 2 aliphatic rings. The van der Waals surface area contributed by atoms with Crippen molar-refractivity contribution in [2.45, 2.75) is 51.1 Å². The lowest BCUT2D eigenvalue weighted by Crippen LogP contribution is -2.46. The molecule has 2 rings (SSSR count). The van der Waals surface area contributed by atoms with Crippen molar-refractivity contribution in [3.05, 3.63) is 0 Å². The number of nitrogens with zero attached hydrogens (tertiary/aromatic N) is 2. The van der Waals surface area contributed by atoms with Crippen molar-refractivity contribution in [1.82, 2.24) is 15.1 Å². The van der Waals surface area contributed by atoms with E-state index < -0.39 is 11.6 Å². The largest absolute Gasteiger partial charge is 0.396 e. The number of amides is 4. The minimum Gasteiger partial charge on any atom is -0.396 e. The summed E-state index contributed by atoms with van der Waals surface area (Å²) in [4.78, 5) is 39.0. The third-order valence-electron chi connectivity index (χ3n) is 4.13. The second-order valence-electron chi connectivity index (χ2n) is 6.20. The molecule has 21 heavy (non-hydrogen) atoms. The predicted molar refractivity (Wildman–Crippen MR) is 75.4 cm³/mol. The number of carbonyl (C=O) groups is 3. The zero-order valence-corrected chi connectivity index (χ0v) is 12.6. The van der Waals surface area contributed by atoms with E-state index in [0.29, 0.717) is 13.0 Å². The van der Waals surface area contributed by atoms with Crippen molar-refractivity contribution in [3.8, 4) is 0 Å². The van der Waals surface area contributed by atoms with Crippen LogP contribution in [0.4, 0.5) is 4.79 Å². The van der Waals surface area contributed by atoms with Gasteiger partial charge in [-0.25, -0.2) is 4.79 Å². The molecule has 0 aromatic rings. The van der Waals surface area contributed by atoms with Crippen LogP contribution in [0.3, 0.4) is 0 Å². The second-order valence-corrected chi connectivity index (χ2v) is 6.20. The van der Waals surface area contributed by atoms with Crippen LogP contribution in [0, 0.1) is 0 Å². The Morgan fingerprint density at radius 2 is 2.14 bits per heavy atom. The van der Waals surface area contributed by atoms with Crippen LogP contribution in [-0.4, -0.2) is 64.0 Å². The Kier molecular flexibility index (Phi) is 4.51. The van der Waals surface area contributed by atoms with Crippen molar-refractivity contribution in [3.63, 3.8) is 0 Å². The summed E-state index contributed by atoms with van der Waals surface area (Å²) in [5.74, 6) is -0.566. The van der Waals surface area contributed by atoms with E-state index in [0.717, 1.165) is 24.2 Å². The Morgan fingerprint density at radius 1 is 1.43 bits per heavy atom. The molecule has 0 aromatic heterocycles. The topological polar surface area (TPSA) is 90.0 Å². The van der Waals surface area contributed by atoms with E-state index in [9.17, 15) is 14.4 Å². The van der Waals surface area contributed by atoms with E-state index in [4.69, 9.17) is 5.11 Å². The van der Waals surface area contributed by atoms with Gasteiger partial charge in [0.1, 0.15) is 12.1 Å². The molecule has 0 aromatic carbocycles. The third-order valence-corrected chi connectivity index (χ3v) is 4.13. The first-order valence-corrected chi connectivity index (χ1v) is 7.41. The zero-order chi connectivity index (χ0) is 15.6. The maximum absolute atomic E-state index is 12.4. The highest BCUT2D eigenvalue weighted by atomic mass is 16.3. The summed E-state index contributed by atoms with van der Waals surface area (Å²) in [7, 11) is 0. The second kappa shape index (κ2) is 6.01. The minimum absolute atomic E-state index is 0.110. The highest BCUT2D eigenvalue weighted by Gasteiger charge is 2.45. The van der Waals surface area contributed by atoms with Crippen molar-refractivity contribution in [1.29, 1.82) is 0 Å². The number of carbonyl (C=O) groups excluding carboxylic acids is 3. The fourth-order valence-electron chi connectivity index (χ4n) is 2.98. The Bertz CT molecular complexity index is 450. The van der Waals surface area contributed by atoms with E-state index in [1.807, 2.05) is 0 Å². The van der Waals surface area contributed by atoms with E-state index in [1.54, 1.807) is 18.7 Å². The molecule has 7 heteroatoms. The number of hydrogen-bond acceptors (Lipinski definition) is 4. The number of aliphatic hydroxyl groups is 1. The van der Waals surface area contributed by atoms with Crippen LogP contribution < -0.4 is 5.32 Å². The average Bonchev–Trinajstić information content (AvgIpc) is 2.95. The Morgan fingerprint density at radius 3 is 2.71 bits per heavy atom. The minimum atomic E-state index is -0.946. The van der Waals surface area contributed by atoms with Crippen molar-refractivity contribution < 1.29 is 19.5 Å². The third kappa shape index (κ3) is 3.18. The number of urea groups is 1. The quantitative estimate of drug-likeness (QED) is 0.703. The lowest BCUT2D eigenvalue weighted by Gasteiger charge is -2.26. The van der Waals surface area contributed by atoms with Gasteiger partial charge in [0.25, 0.3) is 5.91 Å². The predicted octanol–water partition coefficient (Wildman–Crippen LogP) is 0.0803. The molecule has 2 heterocycles. The van der Waals surface area contributed by atoms with Gasteiger partial charge in [-0.2, -0.15) is 0 Å². The highest BCUT2D eigenvalue weighted by molar-refractivity contribution is 6.08. The zero-order valence-electron chi connectivity index (χ0n) is 12.6. The van der Waals surface area contributed by atoms with Gasteiger partial charge >= 0.3 is 6.03 Å². The summed E-state index contributed by atoms with van der Waals surface area (Å²) in [6.45, 7) is 3.81. The molecule has 2 fully saturated rings. The first-order valence-electron chi connectivity index (χ1n) is 7.41. The van der Waals surface area contributed by atoms with E-state index in [2.05, 4.69) is 5.32 Å². The van der Waals surface area contributed by atoms with Crippen LogP contribution in [0.2, 0.25) is 0 Å². The monoisotopic (exact) mass is 297 g/mol. The first-order chi connectivity index (χ1) is 9.86.